The van der Waals surface area contributed by atoms with E-state index in [0.717, 1.165) is 11.3 Å². The van der Waals surface area contributed by atoms with Crippen molar-refractivity contribution in [3.05, 3.63) is 78.6 Å². The lowest BCUT2D eigenvalue weighted by Gasteiger charge is -2.14. The predicted molar refractivity (Wildman–Crippen MR) is 78.0 cm³/mol. The summed E-state index contributed by atoms with van der Waals surface area (Å²) in [6, 6.07) is 15.1. The minimum Gasteiger partial charge on any atom is -0.459 e. The van der Waals surface area contributed by atoms with Crippen molar-refractivity contribution in [2.75, 3.05) is 0 Å². The maximum absolute atomic E-state index is 12.2. The lowest BCUT2D eigenvalue weighted by molar-refractivity contribution is -0.146. The first-order valence-electron chi connectivity index (χ1n) is 6.53. The van der Waals surface area contributed by atoms with Crippen LogP contribution in [0.25, 0.3) is 0 Å². The fraction of sp³-hybridized carbons (Fsp3) is 0.176. The lowest BCUT2D eigenvalue weighted by Crippen LogP contribution is -2.15. The Morgan fingerprint density at radius 2 is 1.95 bits per heavy atom. The zero-order chi connectivity index (χ0) is 14.2. The number of rotatable bonds is 6. The summed E-state index contributed by atoms with van der Waals surface area (Å²) >= 11 is 0. The molecule has 1 atom stereocenters. The SMILES string of the molecule is C=CCC(C(=O)OCc1ccccn1)c1ccccc1. The van der Waals surface area contributed by atoms with E-state index in [0.29, 0.717) is 6.42 Å². The zero-order valence-corrected chi connectivity index (χ0v) is 11.2. The molecule has 102 valence electrons. The van der Waals surface area contributed by atoms with Gasteiger partial charge in [-0.3, -0.25) is 9.78 Å². The molecule has 0 bridgehead atoms. The van der Waals surface area contributed by atoms with E-state index >= 15 is 0 Å². The molecule has 0 aliphatic heterocycles. The average Bonchev–Trinajstić information content (AvgIpc) is 2.52. The van der Waals surface area contributed by atoms with Crippen LogP contribution in [0.5, 0.6) is 0 Å². The molecule has 20 heavy (non-hydrogen) atoms. The fourth-order valence-corrected chi connectivity index (χ4v) is 1.95. The van der Waals surface area contributed by atoms with Gasteiger partial charge in [0, 0.05) is 6.20 Å². The van der Waals surface area contributed by atoms with Crippen LogP contribution in [0.3, 0.4) is 0 Å². The van der Waals surface area contributed by atoms with Gasteiger partial charge in [-0.2, -0.15) is 0 Å². The molecule has 1 heterocycles. The van der Waals surface area contributed by atoms with Crippen molar-refractivity contribution in [3.63, 3.8) is 0 Å². The van der Waals surface area contributed by atoms with Crippen molar-refractivity contribution in [3.8, 4) is 0 Å². The molecule has 0 radical (unpaired) electrons. The molecule has 1 aromatic carbocycles. The molecule has 0 N–H and O–H groups in total. The van der Waals surface area contributed by atoms with Gasteiger partial charge in [-0.1, -0.05) is 42.5 Å². The number of pyridine rings is 1. The van der Waals surface area contributed by atoms with Crippen LogP contribution in [0.15, 0.2) is 67.4 Å². The Hall–Kier alpha value is -2.42. The Bertz CT molecular complexity index is 552. The van der Waals surface area contributed by atoms with Crippen molar-refractivity contribution >= 4 is 5.97 Å². The summed E-state index contributed by atoms with van der Waals surface area (Å²) in [6.45, 7) is 3.90. The number of aromatic nitrogens is 1. The molecule has 0 fully saturated rings. The van der Waals surface area contributed by atoms with E-state index in [1.54, 1.807) is 12.3 Å². The van der Waals surface area contributed by atoms with Crippen molar-refractivity contribution in [1.82, 2.24) is 4.98 Å². The number of carbonyl (C=O) groups excluding carboxylic acids is 1. The monoisotopic (exact) mass is 267 g/mol. The third-order valence-electron chi connectivity index (χ3n) is 2.98. The van der Waals surface area contributed by atoms with Gasteiger partial charge in [-0.15, -0.1) is 6.58 Å². The first kappa shape index (κ1) is 14.0. The van der Waals surface area contributed by atoms with Crippen LogP contribution in [0.1, 0.15) is 23.6 Å². The molecular formula is C17H17NO2. The normalized spacial score (nSPS) is 11.6. The van der Waals surface area contributed by atoms with Gasteiger partial charge in [-0.25, -0.2) is 0 Å². The predicted octanol–water partition coefficient (Wildman–Crippen LogP) is 3.48. The van der Waals surface area contributed by atoms with E-state index in [1.165, 1.54) is 0 Å². The second-order valence-corrected chi connectivity index (χ2v) is 4.42. The molecular weight excluding hydrogens is 250 g/mol. The molecule has 2 rings (SSSR count). The molecule has 3 heteroatoms. The molecule has 0 aliphatic carbocycles. The van der Waals surface area contributed by atoms with Gasteiger partial charge < -0.3 is 4.74 Å². The molecule has 0 spiro atoms. The molecule has 1 unspecified atom stereocenters. The summed E-state index contributed by atoms with van der Waals surface area (Å²) in [5.74, 6) is -0.556. The van der Waals surface area contributed by atoms with Gasteiger partial charge in [0.2, 0.25) is 0 Å². The number of allylic oxidation sites excluding steroid dienone is 1. The smallest absolute Gasteiger partial charge is 0.314 e. The van der Waals surface area contributed by atoms with Gasteiger partial charge in [0.05, 0.1) is 11.6 Å². The molecule has 0 saturated carbocycles. The summed E-state index contributed by atoms with van der Waals surface area (Å²) in [7, 11) is 0. The Morgan fingerprint density at radius 1 is 1.20 bits per heavy atom. The number of hydrogen-bond acceptors (Lipinski definition) is 3. The Labute approximate surface area is 118 Å². The summed E-state index contributed by atoms with van der Waals surface area (Å²) in [5, 5.41) is 0. The first-order valence-corrected chi connectivity index (χ1v) is 6.53. The van der Waals surface area contributed by atoms with Crippen molar-refractivity contribution in [2.24, 2.45) is 0 Å². The van der Waals surface area contributed by atoms with Gasteiger partial charge in [-0.05, 0) is 24.1 Å². The topological polar surface area (TPSA) is 39.2 Å². The summed E-state index contributed by atoms with van der Waals surface area (Å²) < 4.78 is 5.35. The van der Waals surface area contributed by atoms with Gasteiger partial charge in [0.25, 0.3) is 0 Å². The van der Waals surface area contributed by atoms with E-state index in [9.17, 15) is 4.79 Å². The second kappa shape index (κ2) is 7.24. The second-order valence-electron chi connectivity index (χ2n) is 4.42. The maximum atomic E-state index is 12.2. The van der Waals surface area contributed by atoms with Crippen LogP contribution >= 0.6 is 0 Å². The van der Waals surface area contributed by atoms with Crippen LogP contribution in [0, 0.1) is 0 Å². The summed E-state index contributed by atoms with van der Waals surface area (Å²) in [5.41, 5.74) is 1.68. The highest BCUT2D eigenvalue weighted by atomic mass is 16.5. The van der Waals surface area contributed by atoms with E-state index in [2.05, 4.69) is 11.6 Å². The number of benzene rings is 1. The van der Waals surface area contributed by atoms with Crippen LogP contribution < -0.4 is 0 Å². The Balaban J connectivity index is 2.02. The molecule has 0 aliphatic rings. The molecule has 1 aromatic heterocycles. The minimum absolute atomic E-state index is 0.195. The fourth-order valence-electron chi connectivity index (χ4n) is 1.95. The molecule has 3 nitrogen and oxygen atoms in total. The van der Waals surface area contributed by atoms with Crippen molar-refractivity contribution in [2.45, 2.75) is 18.9 Å². The van der Waals surface area contributed by atoms with E-state index in [1.807, 2.05) is 48.5 Å². The highest BCUT2D eigenvalue weighted by molar-refractivity contribution is 5.78. The van der Waals surface area contributed by atoms with Gasteiger partial charge in [0.15, 0.2) is 0 Å². The van der Waals surface area contributed by atoms with Crippen molar-refractivity contribution < 1.29 is 9.53 Å². The van der Waals surface area contributed by atoms with Crippen LogP contribution in [0.4, 0.5) is 0 Å². The average molecular weight is 267 g/mol. The summed E-state index contributed by atoms with van der Waals surface area (Å²) in [6.07, 6.45) is 3.98. The third kappa shape index (κ3) is 3.79. The van der Waals surface area contributed by atoms with Crippen LogP contribution in [-0.4, -0.2) is 11.0 Å². The highest BCUT2D eigenvalue weighted by Crippen LogP contribution is 2.22. The molecule has 0 amide bonds. The van der Waals surface area contributed by atoms with E-state index < -0.39 is 0 Å². The molecule has 2 aromatic rings. The standard InChI is InChI=1S/C17H17NO2/c1-2-8-16(14-9-4-3-5-10-14)17(19)20-13-15-11-6-7-12-18-15/h2-7,9-12,16H,1,8,13H2. The van der Waals surface area contributed by atoms with E-state index in [-0.39, 0.29) is 18.5 Å². The lowest BCUT2D eigenvalue weighted by atomic mass is 9.96. The third-order valence-corrected chi connectivity index (χ3v) is 2.98. The van der Waals surface area contributed by atoms with Gasteiger partial charge >= 0.3 is 5.97 Å². The van der Waals surface area contributed by atoms with Gasteiger partial charge in [0.1, 0.15) is 6.61 Å². The van der Waals surface area contributed by atoms with E-state index in [4.69, 9.17) is 4.74 Å². The zero-order valence-electron chi connectivity index (χ0n) is 11.2. The number of carbonyl (C=O) groups is 1. The highest BCUT2D eigenvalue weighted by Gasteiger charge is 2.20. The van der Waals surface area contributed by atoms with Crippen LogP contribution in [-0.2, 0) is 16.1 Å². The molecule has 0 saturated heterocycles. The minimum atomic E-state index is -0.308. The largest absolute Gasteiger partial charge is 0.459 e. The first-order chi connectivity index (χ1) is 9.81. The quantitative estimate of drug-likeness (QED) is 0.594. The van der Waals surface area contributed by atoms with Crippen LogP contribution in [0.2, 0.25) is 0 Å². The number of ether oxygens (including phenoxy) is 1. The summed E-state index contributed by atoms with van der Waals surface area (Å²) in [4.78, 5) is 16.3. The number of esters is 1. The Kier molecular flexibility index (Phi) is 5.07. The Morgan fingerprint density at radius 3 is 2.60 bits per heavy atom. The number of nitrogens with zero attached hydrogens (tertiary/aromatic N) is 1. The maximum Gasteiger partial charge on any atom is 0.314 e. The number of hydrogen-bond donors (Lipinski definition) is 0. The van der Waals surface area contributed by atoms with Crippen molar-refractivity contribution in [1.29, 1.82) is 0 Å².